The van der Waals surface area contributed by atoms with E-state index < -0.39 is 0 Å². The third-order valence-electron chi connectivity index (χ3n) is 4.21. The molecule has 1 heterocycles. The number of hydrogen-bond acceptors (Lipinski definition) is 4. The summed E-state index contributed by atoms with van der Waals surface area (Å²) in [6.45, 7) is 0. The average Bonchev–Trinajstić information content (AvgIpc) is 2.76. The van der Waals surface area contributed by atoms with Crippen molar-refractivity contribution in [3.8, 4) is 11.4 Å². The van der Waals surface area contributed by atoms with Crippen LogP contribution in [0.4, 0.5) is 21.6 Å². The number of rotatable bonds is 5. The summed E-state index contributed by atoms with van der Waals surface area (Å²) in [6, 6.07) is 24.1. The van der Waals surface area contributed by atoms with Gasteiger partial charge in [-0.15, -0.1) is 0 Å². The highest BCUT2D eigenvalue weighted by atomic mass is 19.1. The molecule has 3 aromatic carbocycles. The highest BCUT2D eigenvalue weighted by Crippen LogP contribution is 2.20. The molecule has 2 N–H and O–H groups in total. The van der Waals surface area contributed by atoms with Gasteiger partial charge in [-0.1, -0.05) is 18.2 Å². The van der Waals surface area contributed by atoms with Gasteiger partial charge in [-0.05, 0) is 66.7 Å². The molecule has 0 unspecified atom stereocenters. The van der Waals surface area contributed by atoms with Crippen molar-refractivity contribution in [2.75, 3.05) is 10.6 Å². The van der Waals surface area contributed by atoms with Gasteiger partial charge >= 0.3 is 0 Å². The summed E-state index contributed by atoms with van der Waals surface area (Å²) >= 11 is 0. The molecule has 4 aromatic rings. The van der Waals surface area contributed by atoms with Crippen LogP contribution in [0.15, 0.2) is 91.1 Å². The van der Waals surface area contributed by atoms with Crippen molar-refractivity contribution in [3.05, 3.63) is 103 Å². The number of amides is 1. The maximum atomic E-state index is 13.1. The summed E-state index contributed by atoms with van der Waals surface area (Å²) in [6.07, 6.45) is 1.63. The van der Waals surface area contributed by atoms with Gasteiger partial charge in [0.05, 0.1) is 0 Å². The minimum atomic E-state index is -0.306. The van der Waals surface area contributed by atoms with Crippen LogP contribution in [0.2, 0.25) is 0 Å². The normalized spacial score (nSPS) is 10.4. The predicted octanol–water partition coefficient (Wildman–Crippen LogP) is 5.28. The van der Waals surface area contributed by atoms with Gasteiger partial charge in [-0.3, -0.25) is 4.79 Å². The minimum Gasteiger partial charge on any atom is -0.340 e. The Bertz CT molecular complexity index is 1110. The predicted molar refractivity (Wildman–Crippen MR) is 112 cm³/mol. The number of hydrogen-bond donors (Lipinski definition) is 2. The fraction of sp³-hybridized carbons (Fsp3) is 0. The zero-order chi connectivity index (χ0) is 20.1. The second-order valence-electron chi connectivity index (χ2n) is 6.29. The Morgan fingerprint density at radius 3 is 2.24 bits per heavy atom. The lowest BCUT2D eigenvalue weighted by atomic mass is 10.2. The van der Waals surface area contributed by atoms with Crippen LogP contribution in [0, 0.1) is 5.82 Å². The summed E-state index contributed by atoms with van der Waals surface area (Å²) in [4.78, 5) is 21.0. The highest BCUT2D eigenvalue weighted by molar-refractivity contribution is 6.04. The molecule has 0 fully saturated rings. The molecule has 0 saturated carbocycles. The molecule has 0 spiro atoms. The Balaban J connectivity index is 1.45. The lowest BCUT2D eigenvalue weighted by Gasteiger charge is -2.09. The summed E-state index contributed by atoms with van der Waals surface area (Å²) in [5.41, 5.74) is 2.80. The molecule has 1 amide bonds. The Kier molecular flexibility index (Phi) is 5.25. The molecule has 0 saturated heterocycles. The summed E-state index contributed by atoms with van der Waals surface area (Å²) in [5, 5.41) is 6.03. The fourth-order valence-corrected chi connectivity index (χ4v) is 2.74. The van der Waals surface area contributed by atoms with Gasteiger partial charge in [0.15, 0.2) is 5.82 Å². The number of nitrogens with one attached hydrogen (secondary N) is 2. The zero-order valence-corrected chi connectivity index (χ0v) is 15.3. The van der Waals surface area contributed by atoms with Crippen molar-refractivity contribution in [2.45, 2.75) is 0 Å². The molecule has 29 heavy (non-hydrogen) atoms. The van der Waals surface area contributed by atoms with Gasteiger partial charge < -0.3 is 10.6 Å². The molecule has 0 bridgehead atoms. The first-order chi connectivity index (χ1) is 14.2. The smallest absolute Gasteiger partial charge is 0.255 e. The van der Waals surface area contributed by atoms with Crippen molar-refractivity contribution in [3.63, 3.8) is 0 Å². The van der Waals surface area contributed by atoms with Crippen molar-refractivity contribution in [1.82, 2.24) is 9.97 Å². The lowest BCUT2D eigenvalue weighted by Crippen LogP contribution is -2.11. The lowest BCUT2D eigenvalue weighted by molar-refractivity contribution is 0.102. The molecule has 0 aliphatic heterocycles. The molecule has 0 radical (unpaired) electrons. The molecular formula is C23H17FN4O. The molecular weight excluding hydrogens is 367 g/mol. The largest absolute Gasteiger partial charge is 0.340 e. The standard InChI is InChI=1S/C23H17FN4O/c24-18-10-6-16(7-11-18)22-25-15-14-21(28-22)26-20-12-8-17(9-13-20)23(29)27-19-4-2-1-3-5-19/h1-15H,(H,27,29)(H,25,26,28). The first kappa shape index (κ1) is 18.3. The third-order valence-corrected chi connectivity index (χ3v) is 4.21. The van der Waals surface area contributed by atoms with Crippen LogP contribution in [0.5, 0.6) is 0 Å². The van der Waals surface area contributed by atoms with Crippen LogP contribution in [0.25, 0.3) is 11.4 Å². The summed E-state index contributed by atoms with van der Waals surface area (Å²) < 4.78 is 13.1. The number of carbonyl (C=O) groups excluding carboxylic acids is 1. The summed E-state index contributed by atoms with van der Waals surface area (Å²) in [7, 11) is 0. The van der Waals surface area contributed by atoms with Gasteiger partial charge in [-0.25, -0.2) is 14.4 Å². The van der Waals surface area contributed by atoms with E-state index in [1.807, 2.05) is 30.3 Å². The third kappa shape index (κ3) is 4.62. The first-order valence-corrected chi connectivity index (χ1v) is 9.00. The maximum Gasteiger partial charge on any atom is 0.255 e. The second-order valence-corrected chi connectivity index (χ2v) is 6.29. The van der Waals surface area contributed by atoms with Crippen LogP contribution in [0.3, 0.4) is 0 Å². The molecule has 1 aromatic heterocycles. The van der Waals surface area contributed by atoms with Crippen LogP contribution in [-0.4, -0.2) is 15.9 Å². The van der Waals surface area contributed by atoms with Gasteiger partial charge in [-0.2, -0.15) is 0 Å². The number of anilines is 3. The van der Waals surface area contributed by atoms with Crippen molar-refractivity contribution >= 4 is 23.1 Å². The van der Waals surface area contributed by atoms with Crippen LogP contribution < -0.4 is 10.6 Å². The van der Waals surface area contributed by atoms with Crippen LogP contribution >= 0.6 is 0 Å². The Morgan fingerprint density at radius 2 is 1.52 bits per heavy atom. The van der Waals surface area contributed by atoms with Gasteiger partial charge in [0.25, 0.3) is 5.91 Å². The monoisotopic (exact) mass is 384 g/mol. The van der Waals surface area contributed by atoms with Crippen LogP contribution in [-0.2, 0) is 0 Å². The van der Waals surface area contributed by atoms with E-state index in [2.05, 4.69) is 20.6 Å². The number of nitrogens with zero attached hydrogens (tertiary/aromatic N) is 2. The Labute approximate surface area is 167 Å². The van der Waals surface area contributed by atoms with Gasteiger partial charge in [0.1, 0.15) is 11.6 Å². The summed E-state index contributed by atoms with van der Waals surface area (Å²) in [5.74, 6) is 0.609. The number of halogens is 1. The number of para-hydroxylation sites is 1. The topological polar surface area (TPSA) is 66.9 Å². The average molecular weight is 384 g/mol. The van der Waals surface area contributed by atoms with E-state index in [1.165, 1.54) is 12.1 Å². The first-order valence-electron chi connectivity index (χ1n) is 9.00. The maximum absolute atomic E-state index is 13.1. The van der Waals surface area contributed by atoms with Crippen molar-refractivity contribution in [1.29, 1.82) is 0 Å². The molecule has 0 aliphatic rings. The van der Waals surface area contributed by atoms with Gasteiger partial charge in [0, 0.05) is 28.7 Å². The van der Waals surface area contributed by atoms with Gasteiger partial charge in [0.2, 0.25) is 0 Å². The number of carbonyl (C=O) groups is 1. The molecule has 0 aliphatic carbocycles. The number of benzene rings is 3. The zero-order valence-electron chi connectivity index (χ0n) is 15.3. The molecule has 4 rings (SSSR count). The Morgan fingerprint density at radius 1 is 0.793 bits per heavy atom. The van der Waals surface area contributed by atoms with Crippen LogP contribution in [0.1, 0.15) is 10.4 Å². The molecule has 5 nitrogen and oxygen atoms in total. The minimum absolute atomic E-state index is 0.177. The van der Waals surface area contributed by atoms with E-state index in [0.29, 0.717) is 17.2 Å². The van der Waals surface area contributed by atoms with E-state index in [-0.39, 0.29) is 11.7 Å². The second kappa shape index (κ2) is 8.31. The van der Waals surface area contributed by atoms with Crippen molar-refractivity contribution in [2.24, 2.45) is 0 Å². The highest BCUT2D eigenvalue weighted by Gasteiger charge is 2.07. The van der Waals surface area contributed by atoms with E-state index >= 15 is 0 Å². The van der Waals surface area contributed by atoms with Crippen molar-refractivity contribution < 1.29 is 9.18 Å². The van der Waals surface area contributed by atoms with E-state index in [1.54, 1.807) is 48.7 Å². The molecule has 6 heteroatoms. The molecule has 142 valence electrons. The molecule has 0 atom stereocenters. The van der Waals surface area contributed by atoms with E-state index in [0.717, 1.165) is 16.9 Å². The number of aromatic nitrogens is 2. The quantitative estimate of drug-likeness (QED) is 0.491. The van der Waals surface area contributed by atoms with E-state index in [9.17, 15) is 9.18 Å². The Hall–Kier alpha value is -4.06. The van der Waals surface area contributed by atoms with E-state index in [4.69, 9.17) is 0 Å². The SMILES string of the molecule is O=C(Nc1ccccc1)c1ccc(Nc2ccnc(-c3ccc(F)cc3)n2)cc1. The fourth-order valence-electron chi connectivity index (χ4n) is 2.74.